The van der Waals surface area contributed by atoms with Crippen molar-refractivity contribution in [1.29, 1.82) is 0 Å². The van der Waals surface area contributed by atoms with E-state index in [-0.39, 0.29) is 0 Å². The maximum atomic E-state index is 10.7. The number of carbonyl (C=O) groups is 1. The topological polar surface area (TPSA) is 40.5 Å². The van der Waals surface area contributed by atoms with Crippen molar-refractivity contribution in [2.45, 2.75) is 33.2 Å². The first-order chi connectivity index (χ1) is 9.31. The number of hydrogen-bond acceptors (Lipinski definition) is 2. The van der Waals surface area contributed by atoms with Gasteiger partial charge in [0.05, 0.1) is 0 Å². The number of aliphatic carboxylic acids is 1. The van der Waals surface area contributed by atoms with E-state index in [2.05, 4.69) is 41.6 Å². The summed E-state index contributed by atoms with van der Waals surface area (Å²) in [5, 5.41) is 8.78. The first-order valence-corrected chi connectivity index (χ1v) is 7.54. The molecule has 0 aliphatic rings. The van der Waals surface area contributed by atoms with Gasteiger partial charge in [-0.15, -0.1) is 0 Å². The minimum absolute atomic E-state index is 0.390. The van der Waals surface area contributed by atoms with Crippen LogP contribution < -0.4 is 4.90 Å². The molecule has 0 bridgehead atoms. The molecule has 0 aliphatic heterocycles. The minimum atomic E-state index is -0.934. The largest absolute Gasteiger partial charge is 0.478 e. The molecular formula is C16H22BrNO2. The van der Waals surface area contributed by atoms with E-state index >= 15 is 0 Å². The molecule has 0 heterocycles. The van der Waals surface area contributed by atoms with E-state index in [1.54, 1.807) is 6.08 Å². The molecule has 1 atom stereocenters. The number of hydrogen-bond donors (Lipinski definition) is 1. The molecule has 0 spiro atoms. The molecule has 1 unspecified atom stereocenters. The molecule has 0 saturated carbocycles. The van der Waals surface area contributed by atoms with Crippen LogP contribution in [0.4, 0.5) is 5.69 Å². The van der Waals surface area contributed by atoms with Gasteiger partial charge >= 0.3 is 5.97 Å². The second-order valence-corrected chi connectivity index (χ2v) is 6.38. The van der Waals surface area contributed by atoms with Gasteiger partial charge in [0, 0.05) is 29.3 Å². The summed E-state index contributed by atoms with van der Waals surface area (Å²) < 4.78 is 0.989. The van der Waals surface area contributed by atoms with E-state index < -0.39 is 5.97 Å². The Morgan fingerprint density at radius 1 is 1.40 bits per heavy atom. The fourth-order valence-electron chi connectivity index (χ4n) is 2.20. The van der Waals surface area contributed by atoms with Crippen molar-refractivity contribution in [3.63, 3.8) is 0 Å². The van der Waals surface area contributed by atoms with Crippen LogP contribution in [0.25, 0.3) is 6.08 Å². The summed E-state index contributed by atoms with van der Waals surface area (Å²) >= 11 is 3.48. The zero-order valence-electron chi connectivity index (χ0n) is 12.4. The van der Waals surface area contributed by atoms with Crippen molar-refractivity contribution < 1.29 is 9.90 Å². The third kappa shape index (κ3) is 5.00. The van der Waals surface area contributed by atoms with Crippen molar-refractivity contribution in [3.8, 4) is 0 Å². The lowest BCUT2D eigenvalue weighted by Crippen LogP contribution is -2.30. The van der Waals surface area contributed by atoms with E-state index in [0.29, 0.717) is 12.0 Å². The first kappa shape index (κ1) is 16.8. The van der Waals surface area contributed by atoms with Crippen LogP contribution in [0.5, 0.6) is 0 Å². The lowest BCUT2D eigenvalue weighted by Gasteiger charge is -2.30. The van der Waals surface area contributed by atoms with Gasteiger partial charge in [0.2, 0.25) is 0 Å². The number of benzene rings is 1. The Morgan fingerprint density at radius 3 is 2.60 bits per heavy atom. The SMILES string of the molecule is CC(C)CC(C)N(C)c1cc(Br)ccc1C=CC(=O)O. The molecular weight excluding hydrogens is 318 g/mol. The van der Waals surface area contributed by atoms with Crippen LogP contribution in [0.1, 0.15) is 32.8 Å². The third-order valence-electron chi connectivity index (χ3n) is 3.25. The Bertz CT molecular complexity index is 497. The van der Waals surface area contributed by atoms with Crippen molar-refractivity contribution in [1.82, 2.24) is 0 Å². The summed E-state index contributed by atoms with van der Waals surface area (Å²) in [4.78, 5) is 12.9. The van der Waals surface area contributed by atoms with Crippen LogP contribution in [0.3, 0.4) is 0 Å². The molecule has 1 aromatic carbocycles. The zero-order valence-corrected chi connectivity index (χ0v) is 14.0. The summed E-state index contributed by atoms with van der Waals surface area (Å²) in [7, 11) is 2.05. The van der Waals surface area contributed by atoms with Crippen molar-refractivity contribution >= 4 is 33.7 Å². The van der Waals surface area contributed by atoms with Gasteiger partial charge in [0.15, 0.2) is 0 Å². The highest BCUT2D eigenvalue weighted by Gasteiger charge is 2.14. The van der Waals surface area contributed by atoms with E-state index in [9.17, 15) is 4.79 Å². The van der Waals surface area contributed by atoms with E-state index in [1.165, 1.54) is 6.08 Å². The summed E-state index contributed by atoms with van der Waals surface area (Å²) in [6, 6.07) is 6.27. The number of halogens is 1. The van der Waals surface area contributed by atoms with Crippen molar-refractivity contribution in [3.05, 3.63) is 34.3 Å². The standard InChI is InChI=1S/C16H22BrNO2/c1-11(2)9-12(3)18(4)15-10-14(17)7-5-13(15)6-8-16(19)20/h5-8,10-12H,9H2,1-4H3,(H,19,20). The van der Waals surface area contributed by atoms with Gasteiger partial charge in [-0.3, -0.25) is 0 Å². The Morgan fingerprint density at radius 2 is 2.05 bits per heavy atom. The normalized spacial score (nSPS) is 12.9. The third-order valence-corrected chi connectivity index (χ3v) is 3.74. The molecule has 1 rings (SSSR count). The van der Waals surface area contributed by atoms with Crippen molar-refractivity contribution in [2.24, 2.45) is 5.92 Å². The highest BCUT2D eigenvalue weighted by molar-refractivity contribution is 9.10. The van der Waals surface area contributed by atoms with Crippen LogP contribution in [0.15, 0.2) is 28.7 Å². The highest BCUT2D eigenvalue weighted by Crippen LogP contribution is 2.28. The van der Waals surface area contributed by atoms with Gasteiger partial charge in [-0.05, 0) is 43.0 Å². The Labute approximate surface area is 129 Å². The molecule has 0 radical (unpaired) electrons. The molecule has 1 N–H and O–H groups in total. The molecule has 20 heavy (non-hydrogen) atoms. The molecule has 4 heteroatoms. The monoisotopic (exact) mass is 339 g/mol. The fraction of sp³-hybridized carbons (Fsp3) is 0.438. The summed E-state index contributed by atoms with van der Waals surface area (Å²) in [6.07, 6.45) is 3.90. The Kier molecular flexibility index (Phi) is 6.27. The molecule has 110 valence electrons. The van der Waals surface area contributed by atoms with Crippen LogP contribution in [0, 0.1) is 5.92 Å². The number of rotatable bonds is 6. The molecule has 1 aromatic rings. The van der Waals surface area contributed by atoms with Crippen molar-refractivity contribution in [2.75, 3.05) is 11.9 Å². The lowest BCUT2D eigenvalue weighted by atomic mass is 10.0. The molecule has 0 amide bonds. The van der Waals surface area contributed by atoms with E-state index in [4.69, 9.17) is 5.11 Å². The maximum Gasteiger partial charge on any atom is 0.328 e. The fourth-order valence-corrected chi connectivity index (χ4v) is 2.55. The number of carboxylic acids is 1. The molecule has 0 saturated heterocycles. The maximum absolute atomic E-state index is 10.7. The van der Waals surface area contributed by atoms with Gasteiger partial charge in [-0.1, -0.05) is 35.8 Å². The zero-order chi connectivity index (χ0) is 15.3. The summed E-state index contributed by atoms with van der Waals surface area (Å²) in [5.41, 5.74) is 1.94. The smallest absolute Gasteiger partial charge is 0.328 e. The quantitative estimate of drug-likeness (QED) is 0.780. The lowest BCUT2D eigenvalue weighted by molar-refractivity contribution is -0.131. The average Bonchev–Trinajstić information content (AvgIpc) is 2.35. The second kappa shape index (κ2) is 7.48. The average molecular weight is 340 g/mol. The molecule has 0 aromatic heterocycles. The first-order valence-electron chi connectivity index (χ1n) is 6.74. The molecule has 0 aliphatic carbocycles. The highest BCUT2D eigenvalue weighted by atomic mass is 79.9. The molecule has 3 nitrogen and oxygen atoms in total. The van der Waals surface area contributed by atoms with E-state index in [0.717, 1.165) is 22.1 Å². The number of carboxylic acid groups (broad SMARTS) is 1. The van der Waals surface area contributed by atoms with E-state index in [1.807, 2.05) is 25.2 Å². The Hall–Kier alpha value is -1.29. The van der Waals surface area contributed by atoms with Gasteiger partial charge < -0.3 is 10.0 Å². The minimum Gasteiger partial charge on any atom is -0.478 e. The molecule has 0 fully saturated rings. The van der Waals surface area contributed by atoms with Crippen LogP contribution in [0.2, 0.25) is 0 Å². The van der Waals surface area contributed by atoms with Crippen LogP contribution in [-0.4, -0.2) is 24.2 Å². The predicted molar refractivity (Wildman–Crippen MR) is 88.1 cm³/mol. The summed E-state index contributed by atoms with van der Waals surface area (Å²) in [6.45, 7) is 6.60. The van der Waals surface area contributed by atoms with Gasteiger partial charge in [0.25, 0.3) is 0 Å². The van der Waals surface area contributed by atoms with Gasteiger partial charge in [-0.25, -0.2) is 4.79 Å². The summed E-state index contributed by atoms with van der Waals surface area (Å²) in [5.74, 6) is -0.311. The van der Waals surface area contributed by atoms with Crippen LogP contribution in [-0.2, 0) is 4.79 Å². The number of anilines is 1. The number of nitrogens with zero attached hydrogens (tertiary/aromatic N) is 1. The van der Waals surface area contributed by atoms with Gasteiger partial charge in [0.1, 0.15) is 0 Å². The van der Waals surface area contributed by atoms with Crippen LogP contribution >= 0.6 is 15.9 Å². The second-order valence-electron chi connectivity index (χ2n) is 5.46. The predicted octanol–water partition coefficient (Wildman–Crippen LogP) is 4.42. The van der Waals surface area contributed by atoms with Gasteiger partial charge in [-0.2, -0.15) is 0 Å². The Balaban J connectivity index is 3.07.